The molecule has 2 aromatic rings. The Hall–Kier alpha value is -2.50. The largest absolute Gasteiger partial charge is 0.340 e. The normalized spacial score (nSPS) is 24.0. The van der Waals surface area contributed by atoms with Crippen molar-refractivity contribution in [3.63, 3.8) is 0 Å². The van der Waals surface area contributed by atoms with Gasteiger partial charge in [-0.3, -0.25) is 14.7 Å². The molecule has 5 heteroatoms. The summed E-state index contributed by atoms with van der Waals surface area (Å²) >= 11 is 0. The van der Waals surface area contributed by atoms with Gasteiger partial charge in [0, 0.05) is 45.3 Å². The van der Waals surface area contributed by atoms with Gasteiger partial charge in [-0.05, 0) is 62.0 Å². The van der Waals surface area contributed by atoms with E-state index in [1.807, 2.05) is 12.3 Å². The van der Waals surface area contributed by atoms with Crippen molar-refractivity contribution in [3.8, 4) is 0 Å². The zero-order valence-electron chi connectivity index (χ0n) is 19.3. The number of likely N-dealkylation sites (tertiary alicyclic amines) is 1. The van der Waals surface area contributed by atoms with Crippen LogP contribution in [0.2, 0.25) is 0 Å². The van der Waals surface area contributed by atoms with E-state index in [9.17, 15) is 4.79 Å². The van der Waals surface area contributed by atoms with Crippen molar-refractivity contribution in [1.82, 2.24) is 19.7 Å². The maximum Gasteiger partial charge on any atom is 0.222 e. The molecule has 2 aliphatic heterocycles. The molecule has 3 aliphatic rings. The minimum absolute atomic E-state index is 0.126. The van der Waals surface area contributed by atoms with Gasteiger partial charge in [0.15, 0.2) is 0 Å². The van der Waals surface area contributed by atoms with Crippen LogP contribution in [0.25, 0.3) is 12.2 Å². The lowest BCUT2D eigenvalue weighted by molar-refractivity contribution is -0.134. The van der Waals surface area contributed by atoms with Gasteiger partial charge in [-0.15, -0.1) is 0 Å². The first-order valence-electron chi connectivity index (χ1n) is 12.0. The number of pyridine rings is 1. The van der Waals surface area contributed by atoms with E-state index in [2.05, 4.69) is 65.1 Å². The Kier molecular flexibility index (Phi) is 6.11. The minimum Gasteiger partial charge on any atom is -0.340 e. The average molecular weight is 431 g/mol. The molecule has 1 aromatic carbocycles. The van der Waals surface area contributed by atoms with Crippen molar-refractivity contribution in [1.29, 1.82) is 0 Å². The fraction of sp³-hybridized carbons (Fsp3) is 0.481. The summed E-state index contributed by atoms with van der Waals surface area (Å²) in [7, 11) is 2.17. The SMILES string of the molecule is Cc1ccc2c(c1)C=Cc1cccnc1C2N1CCN(C(=O)CC2CCCN(C)C2)CC1. The Bertz CT molecular complexity index is 1010. The molecule has 0 saturated carbocycles. The molecule has 1 aliphatic carbocycles. The van der Waals surface area contributed by atoms with E-state index >= 15 is 0 Å². The second kappa shape index (κ2) is 9.16. The highest BCUT2D eigenvalue weighted by atomic mass is 16.2. The predicted octanol–water partition coefficient (Wildman–Crippen LogP) is 3.84. The number of rotatable bonds is 3. The van der Waals surface area contributed by atoms with E-state index in [4.69, 9.17) is 4.98 Å². The topological polar surface area (TPSA) is 39.7 Å². The number of aryl methyl sites for hydroxylation is 1. The fourth-order valence-electron chi connectivity index (χ4n) is 5.63. The molecular formula is C27H34N4O. The molecule has 0 radical (unpaired) electrons. The smallest absolute Gasteiger partial charge is 0.222 e. The lowest BCUT2D eigenvalue weighted by Gasteiger charge is -2.40. The van der Waals surface area contributed by atoms with E-state index in [0.29, 0.717) is 18.2 Å². The second-order valence-electron chi connectivity index (χ2n) is 9.74. The van der Waals surface area contributed by atoms with Gasteiger partial charge in [0.1, 0.15) is 0 Å². The zero-order valence-corrected chi connectivity index (χ0v) is 19.3. The Morgan fingerprint density at radius 2 is 1.88 bits per heavy atom. The summed E-state index contributed by atoms with van der Waals surface area (Å²) in [4.78, 5) is 24.8. The molecule has 32 heavy (non-hydrogen) atoms. The Labute approximate surface area is 191 Å². The number of piperidine rings is 1. The third-order valence-corrected chi connectivity index (χ3v) is 7.33. The van der Waals surface area contributed by atoms with E-state index in [1.165, 1.54) is 35.1 Å². The van der Waals surface area contributed by atoms with Gasteiger partial charge in [0.25, 0.3) is 0 Å². The monoisotopic (exact) mass is 430 g/mol. The molecule has 2 unspecified atom stereocenters. The van der Waals surface area contributed by atoms with Gasteiger partial charge >= 0.3 is 0 Å². The lowest BCUT2D eigenvalue weighted by atomic mass is 9.93. The van der Waals surface area contributed by atoms with Crippen LogP contribution in [-0.2, 0) is 4.79 Å². The quantitative estimate of drug-likeness (QED) is 0.742. The number of fused-ring (bicyclic) bond motifs is 2. The molecule has 5 nitrogen and oxygen atoms in total. The van der Waals surface area contributed by atoms with Crippen molar-refractivity contribution in [2.75, 3.05) is 46.3 Å². The van der Waals surface area contributed by atoms with Crippen LogP contribution in [0, 0.1) is 12.8 Å². The zero-order chi connectivity index (χ0) is 22.1. The van der Waals surface area contributed by atoms with Crippen molar-refractivity contribution in [2.24, 2.45) is 5.92 Å². The van der Waals surface area contributed by atoms with Crippen molar-refractivity contribution in [3.05, 3.63) is 64.5 Å². The Balaban J connectivity index is 1.32. The van der Waals surface area contributed by atoms with E-state index < -0.39 is 0 Å². The van der Waals surface area contributed by atoms with Gasteiger partial charge in [0.2, 0.25) is 5.91 Å². The Morgan fingerprint density at radius 1 is 1.06 bits per heavy atom. The molecule has 1 amide bonds. The molecule has 3 heterocycles. The van der Waals surface area contributed by atoms with E-state index in [1.54, 1.807) is 0 Å². The number of carbonyl (C=O) groups is 1. The Morgan fingerprint density at radius 3 is 2.69 bits per heavy atom. The molecular weight excluding hydrogens is 396 g/mol. The number of amides is 1. The van der Waals surface area contributed by atoms with Crippen LogP contribution in [-0.4, -0.2) is 71.9 Å². The summed E-state index contributed by atoms with van der Waals surface area (Å²) < 4.78 is 0. The summed E-state index contributed by atoms with van der Waals surface area (Å²) in [6.07, 6.45) is 9.42. The van der Waals surface area contributed by atoms with Gasteiger partial charge in [-0.1, -0.05) is 42.0 Å². The lowest BCUT2D eigenvalue weighted by Crippen LogP contribution is -2.50. The number of hydrogen-bond donors (Lipinski definition) is 0. The van der Waals surface area contributed by atoms with Crippen molar-refractivity contribution >= 4 is 18.1 Å². The van der Waals surface area contributed by atoms with Crippen LogP contribution in [0.1, 0.15) is 53.3 Å². The summed E-state index contributed by atoms with van der Waals surface area (Å²) in [5.41, 5.74) is 6.17. The third kappa shape index (κ3) is 4.37. The number of aromatic nitrogens is 1. The average Bonchev–Trinajstić information content (AvgIpc) is 2.96. The van der Waals surface area contributed by atoms with E-state index in [0.717, 1.165) is 45.0 Å². The number of benzene rings is 1. The molecule has 2 saturated heterocycles. The van der Waals surface area contributed by atoms with Crippen molar-refractivity contribution in [2.45, 2.75) is 32.2 Å². The minimum atomic E-state index is 0.126. The summed E-state index contributed by atoms with van der Waals surface area (Å²) in [6.45, 7) is 7.72. The highest BCUT2D eigenvalue weighted by Crippen LogP contribution is 2.36. The highest BCUT2D eigenvalue weighted by molar-refractivity contribution is 5.77. The van der Waals surface area contributed by atoms with Crippen molar-refractivity contribution < 1.29 is 4.79 Å². The van der Waals surface area contributed by atoms with Crippen LogP contribution in [0.5, 0.6) is 0 Å². The maximum absolute atomic E-state index is 13.0. The number of carbonyl (C=O) groups excluding carboxylic acids is 1. The van der Waals surface area contributed by atoms with E-state index in [-0.39, 0.29) is 6.04 Å². The number of piperazine rings is 1. The number of nitrogens with zero attached hydrogens (tertiary/aromatic N) is 4. The predicted molar refractivity (Wildman–Crippen MR) is 129 cm³/mol. The fourth-order valence-corrected chi connectivity index (χ4v) is 5.63. The summed E-state index contributed by atoms with van der Waals surface area (Å²) in [6, 6.07) is 11.0. The van der Waals surface area contributed by atoms with Crippen LogP contribution in [0.4, 0.5) is 0 Å². The van der Waals surface area contributed by atoms with Gasteiger partial charge < -0.3 is 9.80 Å². The first kappa shape index (κ1) is 21.4. The summed E-state index contributed by atoms with van der Waals surface area (Å²) in [5.74, 6) is 0.848. The first-order valence-corrected chi connectivity index (χ1v) is 12.0. The molecule has 0 bridgehead atoms. The van der Waals surface area contributed by atoms with Crippen LogP contribution < -0.4 is 0 Å². The molecule has 0 spiro atoms. The molecule has 5 rings (SSSR count). The summed E-state index contributed by atoms with van der Waals surface area (Å²) in [5, 5.41) is 0. The van der Waals surface area contributed by atoms with Gasteiger partial charge in [-0.2, -0.15) is 0 Å². The molecule has 1 aromatic heterocycles. The van der Waals surface area contributed by atoms with Crippen LogP contribution in [0.15, 0.2) is 36.5 Å². The number of hydrogen-bond acceptors (Lipinski definition) is 4. The maximum atomic E-state index is 13.0. The first-order chi connectivity index (χ1) is 15.6. The highest BCUT2D eigenvalue weighted by Gasteiger charge is 2.32. The molecule has 2 atom stereocenters. The molecule has 2 fully saturated rings. The van der Waals surface area contributed by atoms with Crippen LogP contribution >= 0.6 is 0 Å². The standard InChI is InChI=1S/C27H34N4O/c1-20-7-10-24-23(17-20)9-8-22-6-3-11-28-26(22)27(24)31-15-13-30(14-16-31)25(32)18-21-5-4-12-29(2)19-21/h3,6-11,17,21,27H,4-5,12-16,18-19H2,1-2H3. The van der Waals surface area contributed by atoms with Crippen LogP contribution in [0.3, 0.4) is 0 Å². The third-order valence-electron chi connectivity index (χ3n) is 7.33. The second-order valence-corrected chi connectivity index (χ2v) is 9.74. The molecule has 0 N–H and O–H groups in total. The molecule has 168 valence electrons. The van der Waals surface area contributed by atoms with Gasteiger partial charge in [0.05, 0.1) is 11.7 Å². The van der Waals surface area contributed by atoms with Gasteiger partial charge in [-0.25, -0.2) is 0 Å².